The first kappa shape index (κ1) is 9.48. The fourth-order valence-electron chi connectivity index (χ4n) is 1.44. The molecule has 1 amide bonds. The van der Waals surface area contributed by atoms with Crippen molar-refractivity contribution < 1.29 is 9.90 Å². The normalized spacial score (nSPS) is 28.8. The van der Waals surface area contributed by atoms with Crippen molar-refractivity contribution in [2.24, 2.45) is 0 Å². The Labute approximate surface area is 72.3 Å². The minimum absolute atomic E-state index is 0.0660. The second kappa shape index (κ2) is 3.87. The highest BCUT2D eigenvalue weighted by Gasteiger charge is 2.32. The van der Waals surface area contributed by atoms with E-state index >= 15 is 0 Å². The van der Waals surface area contributed by atoms with Crippen LogP contribution in [0.1, 0.15) is 19.8 Å². The number of nitrogens with one attached hydrogen (secondary N) is 2. The van der Waals surface area contributed by atoms with E-state index in [9.17, 15) is 9.90 Å². The molecule has 0 radical (unpaired) electrons. The third kappa shape index (κ3) is 2.46. The van der Waals surface area contributed by atoms with Crippen LogP contribution in [0.3, 0.4) is 0 Å². The molecule has 12 heavy (non-hydrogen) atoms. The SMILES string of the molecule is CCNC(=O)CC1(O)CCNC1. The molecule has 0 aromatic rings. The standard InChI is InChI=1S/C8H16N2O2/c1-2-10-7(11)5-8(12)3-4-9-6-8/h9,12H,2-6H2,1H3,(H,10,11). The predicted molar refractivity (Wildman–Crippen MR) is 45.7 cm³/mol. The minimum atomic E-state index is -0.806. The van der Waals surface area contributed by atoms with Crippen molar-refractivity contribution in [3.05, 3.63) is 0 Å². The molecule has 4 nitrogen and oxygen atoms in total. The van der Waals surface area contributed by atoms with Gasteiger partial charge in [0.05, 0.1) is 12.0 Å². The first-order valence-corrected chi connectivity index (χ1v) is 4.36. The lowest BCUT2D eigenvalue weighted by atomic mass is 9.99. The van der Waals surface area contributed by atoms with Crippen molar-refractivity contribution in [1.29, 1.82) is 0 Å². The molecule has 3 N–H and O–H groups in total. The zero-order valence-corrected chi connectivity index (χ0v) is 7.39. The number of hydrogen-bond acceptors (Lipinski definition) is 3. The van der Waals surface area contributed by atoms with Crippen molar-refractivity contribution in [3.8, 4) is 0 Å². The highest BCUT2D eigenvalue weighted by Crippen LogP contribution is 2.17. The molecule has 1 aliphatic heterocycles. The van der Waals surface area contributed by atoms with Gasteiger partial charge in [0.15, 0.2) is 0 Å². The summed E-state index contributed by atoms with van der Waals surface area (Å²) in [6.07, 6.45) is 0.887. The fourth-order valence-corrected chi connectivity index (χ4v) is 1.44. The molecule has 0 aromatic carbocycles. The van der Waals surface area contributed by atoms with E-state index in [-0.39, 0.29) is 12.3 Å². The third-order valence-corrected chi connectivity index (χ3v) is 2.08. The number of rotatable bonds is 3. The highest BCUT2D eigenvalue weighted by molar-refractivity contribution is 5.77. The van der Waals surface area contributed by atoms with Gasteiger partial charge in [-0.25, -0.2) is 0 Å². The number of carbonyl (C=O) groups is 1. The van der Waals surface area contributed by atoms with Gasteiger partial charge in [-0.2, -0.15) is 0 Å². The molecule has 1 atom stereocenters. The van der Waals surface area contributed by atoms with E-state index in [1.807, 2.05) is 6.92 Å². The maximum absolute atomic E-state index is 11.1. The largest absolute Gasteiger partial charge is 0.388 e. The average molecular weight is 172 g/mol. The molecule has 1 saturated heterocycles. The van der Waals surface area contributed by atoms with Crippen LogP contribution in [0.2, 0.25) is 0 Å². The van der Waals surface area contributed by atoms with Gasteiger partial charge in [-0.3, -0.25) is 4.79 Å². The molecule has 0 aliphatic carbocycles. The van der Waals surface area contributed by atoms with Gasteiger partial charge in [0, 0.05) is 13.1 Å². The topological polar surface area (TPSA) is 61.4 Å². The summed E-state index contributed by atoms with van der Waals surface area (Å²) in [4.78, 5) is 11.1. The Bertz CT molecular complexity index is 164. The van der Waals surface area contributed by atoms with Crippen LogP contribution < -0.4 is 10.6 Å². The Morgan fingerprint density at radius 2 is 2.50 bits per heavy atom. The summed E-state index contributed by atoms with van der Waals surface area (Å²) in [5, 5.41) is 15.5. The van der Waals surface area contributed by atoms with Gasteiger partial charge in [0.25, 0.3) is 0 Å². The van der Waals surface area contributed by atoms with E-state index in [2.05, 4.69) is 10.6 Å². The van der Waals surface area contributed by atoms with Crippen molar-refractivity contribution in [2.75, 3.05) is 19.6 Å². The first-order valence-electron chi connectivity index (χ1n) is 4.36. The monoisotopic (exact) mass is 172 g/mol. The quantitative estimate of drug-likeness (QED) is 0.524. The molecule has 1 heterocycles. The molecule has 0 spiro atoms. The van der Waals surface area contributed by atoms with E-state index in [0.29, 0.717) is 19.5 Å². The molecule has 4 heteroatoms. The molecular weight excluding hydrogens is 156 g/mol. The molecule has 0 bridgehead atoms. The molecule has 70 valence electrons. The van der Waals surface area contributed by atoms with Gasteiger partial charge in [0.2, 0.25) is 5.91 Å². The van der Waals surface area contributed by atoms with Gasteiger partial charge in [-0.1, -0.05) is 0 Å². The predicted octanol–water partition coefficient (Wildman–Crippen LogP) is -0.763. The smallest absolute Gasteiger partial charge is 0.222 e. The Morgan fingerprint density at radius 1 is 1.75 bits per heavy atom. The zero-order valence-electron chi connectivity index (χ0n) is 7.39. The maximum Gasteiger partial charge on any atom is 0.222 e. The van der Waals surface area contributed by atoms with E-state index in [1.165, 1.54) is 0 Å². The summed E-state index contributed by atoms with van der Waals surface area (Å²) in [6.45, 7) is 3.83. The first-order chi connectivity index (χ1) is 5.66. The van der Waals surface area contributed by atoms with Crippen molar-refractivity contribution in [3.63, 3.8) is 0 Å². The average Bonchev–Trinajstić information content (AvgIpc) is 2.36. The Hall–Kier alpha value is -0.610. The van der Waals surface area contributed by atoms with Crippen LogP contribution in [0.15, 0.2) is 0 Å². The molecule has 1 unspecified atom stereocenters. The van der Waals surface area contributed by atoms with Crippen molar-refractivity contribution in [1.82, 2.24) is 10.6 Å². The number of aliphatic hydroxyl groups is 1. The van der Waals surface area contributed by atoms with E-state index in [4.69, 9.17) is 0 Å². The third-order valence-electron chi connectivity index (χ3n) is 2.08. The van der Waals surface area contributed by atoms with Crippen molar-refractivity contribution in [2.45, 2.75) is 25.4 Å². The van der Waals surface area contributed by atoms with Crippen molar-refractivity contribution >= 4 is 5.91 Å². The molecule has 1 rings (SSSR count). The summed E-state index contributed by atoms with van der Waals surface area (Å²) in [5.41, 5.74) is -0.806. The van der Waals surface area contributed by atoms with E-state index < -0.39 is 5.60 Å². The van der Waals surface area contributed by atoms with Crippen LogP contribution in [0.25, 0.3) is 0 Å². The zero-order chi connectivity index (χ0) is 9.03. The lowest BCUT2D eigenvalue weighted by Gasteiger charge is -2.19. The Morgan fingerprint density at radius 3 is 3.00 bits per heavy atom. The van der Waals surface area contributed by atoms with Crippen LogP contribution in [0, 0.1) is 0 Å². The van der Waals surface area contributed by atoms with Crippen LogP contribution >= 0.6 is 0 Å². The molecule has 1 aliphatic rings. The Kier molecular flexibility index (Phi) is 3.05. The molecule has 1 fully saturated rings. The van der Waals surface area contributed by atoms with Gasteiger partial charge in [-0.05, 0) is 19.9 Å². The molecule has 0 aromatic heterocycles. The summed E-state index contributed by atoms with van der Waals surface area (Å²) in [6, 6.07) is 0. The van der Waals surface area contributed by atoms with Crippen LogP contribution in [-0.2, 0) is 4.79 Å². The van der Waals surface area contributed by atoms with Gasteiger partial charge >= 0.3 is 0 Å². The number of hydrogen-bond donors (Lipinski definition) is 3. The highest BCUT2D eigenvalue weighted by atomic mass is 16.3. The van der Waals surface area contributed by atoms with E-state index in [0.717, 1.165) is 6.54 Å². The number of β-amino-alcohol motifs (C(OH)–C–C–N with tert-alkyl or cyclic N) is 1. The number of amides is 1. The van der Waals surface area contributed by atoms with Crippen LogP contribution in [0.5, 0.6) is 0 Å². The summed E-state index contributed by atoms with van der Waals surface area (Å²) in [5.74, 6) is -0.0660. The summed E-state index contributed by atoms with van der Waals surface area (Å²) < 4.78 is 0. The lowest BCUT2D eigenvalue weighted by Crippen LogP contribution is -2.38. The Balaban J connectivity index is 2.33. The molecular formula is C8H16N2O2. The lowest BCUT2D eigenvalue weighted by molar-refractivity contribution is -0.125. The fraction of sp³-hybridized carbons (Fsp3) is 0.875. The van der Waals surface area contributed by atoms with Gasteiger partial charge in [0.1, 0.15) is 0 Å². The second-order valence-electron chi connectivity index (χ2n) is 3.28. The van der Waals surface area contributed by atoms with Gasteiger partial charge in [-0.15, -0.1) is 0 Å². The van der Waals surface area contributed by atoms with E-state index in [1.54, 1.807) is 0 Å². The summed E-state index contributed by atoms with van der Waals surface area (Å²) >= 11 is 0. The minimum Gasteiger partial charge on any atom is -0.388 e. The molecule has 0 saturated carbocycles. The second-order valence-corrected chi connectivity index (χ2v) is 3.28. The van der Waals surface area contributed by atoms with Gasteiger partial charge < -0.3 is 15.7 Å². The van der Waals surface area contributed by atoms with Crippen LogP contribution in [0.4, 0.5) is 0 Å². The van der Waals surface area contributed by atoms with Crippen LogP contribution in [-0.4, -0.2) is 36.2 Å². The maximum atomic E-state index is 11.1. The number of carbonyl (C=O) groups excluding carboxylic acids is 1. The summed E-state index contributed by atoms with van der Waals surface area (Å²) in [7, 11) is 0.